The number of hydrogen-bond donors (Lipinski definition) is 1. The second-order valence-corrected chi connectivity index (χ2v) is 7.72. The number of aryl methyl sites for hydroxylation is 1. The average molecular weight is 350 g/mol. The molecule has 0 aliphatic carbocycles. The minimum atomic E-state index is 0.769. The topological polar surface area (TPSA) is 18.5 Å². The standard InChI is InChI=1S/C23H31N3/c1-19-6-2-3-9-23(19)20-7-4-8-22(18-20)26-15-10-21(11-16-26)25-14-5-12-24-13-17-25/h2-4,6-9,18,21,24H,5,10-17H2,1H3. The van der Waals surface area contributed by atoms with Crippen molar-refractivity contribution in [1.29, 1.82) is 0 Å². The Labute approximate surface area is 158 Å². The molecule has 3 nitrogen and oxygen atoms in total. The lowest BCUT2D eigenvalue weighted by Gasteiger charge is -2.39. The molecule has 4 rings (SSSR count). The van der Waals surface area contributed by atoms with E-state index in [1.54, 1.807) is 0 Å². The first-order valence-electron chi connectivity index (χ1n) is 10.2. The monoisotopic (exact) mass is 349 g/mol. The summed E-state index contributed by atoms with van der Waals surface area (Å²) in [7, 11) is 0. The lowest BCUT2D eigenvalue weighted by Crippen LogP contribution is -2.46. The summed E-state index contributed by atoms with van der Waals surface area (Å²) in [6.07, 6.45) is 3.86. The van der Waals surface area contributed by atoms with Gasteiger partial charge in [-0.1, -0.05) is 36.4 Å². The molecule has 2 saturated heterocycles. The lowest BCUT2D eigenvalue weighted by molar-refractivity contribution is 0.180. The first kappa shape index (κ1) is 17.6. The third-order valence-corrected chi connectivity index (χ3v) is 6.02. The number of rotatable bonds is 3. The van der Waals surface area contributed by atoms with Crippen molar-refractivity contribution in [2.24, 2.45) is 0 Å². The van der Waals surface area contributed by atoms with E-state index in [4.69, 9.17) is 0 Å². The summed E-state index contributed by atoms with van der Waals surface area (Å²) in [5, 5.41) is 3.53. The van der Waals surface area contributed by atoms with E-state index in [0.717, 1.165) is 12.6 Å². The van der Waals surface area contributed by atoms with E-state index < -0.39 is 0 Å². The third kappa shape index (κ3) is 3.94. The predicted octanol–water partition coefficient (Wildman–Crippen LogP) is 3.93. The van der Waals surface area contributed by atoms with E-state index in [-0.39, 0.29) is 0 Å². The van der Waals surface area contributed by atoms with Crippen LogP contribution in [0.5, 0.6) is 0 Å². The molecule has 2 aromatic rings. The Bertz CT molecular complexity index is 711. The summed E-state index contributed by atoms with van der Waals surface area (Å²) in [5.41, 5.74) is 5.41. The van der Waals surface area contributed by atoms with E-state index >= 15 is 0 Å². The number of benzene rings is 2. The molecule has 2 fully saturated rings. The molecule has 0 amide bonds. The Morgan fingerprint density at radius 2 is 1.73 bits per heavy atom. The molecule has 26 heavy (non-hydrogen) atoms. The number of piperidine rings is 1. The number of anilines is 1. The summed E-state index contributed by atoms with van der Waals surface area (Å²) in [4.78, 5) is 5.30. The molecule has 0 spiro atoms. The van der Waals surface area contributed by atoms with Gasteiger partial charge in [0.1, 0.15) is 0 Å². The van der Waals surface area contributed by atoms with Crippen molar-refractivity contribution in [3.8, 4) is 11.1 Å². The van der Waals surface area contributed by atoms with Gasteiger partial charge in [-0.3, -0.25) is 4.90 Å². The van der Waals surface area contributed by atoms with Gasteiger partial charge in [0, 0.05) is 37.9 Å². The van der Waals surface area contributed by atoms with Crippen LogP contribution in [-0.4, -0.2) is 50.2 Å². The lowest BCUT2D eigenvalue weighted by atomic mass is 9.98. The summed E-state index contributed by atoms with van der Waals surface area (Å²) >= 11 is 0. The smallest absolute Gasteiger partial charge is 0.0372 e. The minimum Gasteiger partial charge on any atom is -0.371 e. The predicted molar refractivity (Wildman–Crippen MR) is 111 cm³/mol. The van der Waals surface area contributed by atoms with E-state index in [2.05, 4.69) is 70.6 Å². The molecule has 3 heteroatoms. The van der Waals surface area contributed by atoms with Crippen LogP contribution in [0.2, 0.25) is 0 Å². The third-order valence-electron chi connectivity index (χ3n) is 6.02. The van der Waals surface area contributed by atoms with Crippen LogP contribution < -0.4 is 10.2 Å². The highest BCUT2D eigenvalue weighted by atomic mass is 15.2. The van der Waals surface area contributed by atoms with Crippen LogP contribution in [0, 0.1) is 6.92 Å². The molecule has 2 aliphatic heterocycles. The molecule has 0 atom stereocenters. The Balaban J connectivity index is 1.43. The molecule has 2 heterocycles. The van der Waals surface area contributed by atoms with Gasteiger partial charge >= 0.3 is 0 Å². The molecule has 0 radical (unpaired) electrons. The van der Waals surface area contributed by atoms with Crippen LogP contribution in [0.15, 0.2) is 48.5 Å². The molecule has 0 bridgehead atoms. The van der Waals surface area contributed by atoms with Crippen LogP contribution in [0.4, 0.5) is 5.69 Å². The van der Waals surface area contributed by atoms with Gasteiger partial charge in [0.05, 0.1) is 0 Å². The molecule has 0 saturated carbocycles. The summed E-state index contributed by atoms with van der Waals surface area (Å²) in [6, 6.07) is 18.5. The first-order valence-corrected chi connectivity index (χ1v) is 10.2. The van der Waals surface area contributed by atoms with Crippen molar-refractivity contribution in [3.63, 3.8) is 0 Å². The molecular weight excluding hydrogens is 318 g/mol. The van der Waals surface area contributed by atoms with Gasteiger partial charge in [-0.05, 0) is 68.1 Å². The van der Waals surface area contributed by atoms with Gasteiger partial charge < -0.3 is 10.2 Å². The first-order chi connectivity index (χ1) is 12.8. The second-order valence-electron chi connectivity index (χ2n) is 7.72. The number of nitrogens with zero attached hydrogens (tertiary/aromatic N) is 2. The molecule has 1 N–H and O–H groups in total. The number of nitrogens with one attached hydrogen (secondary N) is 1. The zero-order chi connectivity index (χ0) is 17.8. The maximum Gasteiger partial charge on any atom is 0.0372 e. The highest BCUT2D eigenvalue weighted by Crippen LogP contribution is 2.29. The Morgan fingerprint density at radius 1 is 0.885 bits per heavy atom. The minimum absolute atomic E-state index is 0.769. The van der Waals surface area contributed by atoms with Crippen molar-refractivity contribution >= 4 is 5.69 Å². The zero-order valence-electron chi connectivity index (χ0n) is 16.0. The van der Waals surface area contributed by atoms with Gasteiger partial charge in [-0.25, -0.2) is 0 Å². The van der Waals surface area contributed by atoms with E-state index in [1.807, 2.05) is 0 Å². The molecule has 2 aliphatic rings. The highest BCUT2D eigenvalue weighted by molar-refractivity contribution is 5.71. The van der Waals surface area contributed by atoms with Gasteiger partial charge in [0.2, 0.25) is 0 Å². The fourth-order valence-corrected chi connectivity index (χ4v) is 4.49. The molecule has 0 aromatic heterocycles. The van der Waals surface area contributed by atoms with Crippen LogP contribution in [0.3, 0.4) is 0 Å². The SMILES string of the molecule is Cc1ccccc1-c1cccc(N2CCC(N3CCCNCC3)CC2)c1. The molecule has 138 valence electrons. The van der Waals surface area contributed by atoms with Crippen molar-refractivity contribution in [2.75, 3.05) is 44.2 Å². The summed E-state index contributed by atoms with van der Waals surface area (Å²) in [6.45, 7) is 9.36. The largest absolute Gasteiger partial charge is 0.371 e. The normalized spacial score (nSPS) is 20.1. The number of hydrogen-bond acceptors (Lipinski definition) is 3. The highest BCUT2D eigenvalue weighted by Gasteiger charge is 2.25. The van der Waals surface area contributed by atoms with Crippen LogP contribution in [0.1, 0.15) is 24.8 Å². The van der Waals surface area contributed by atoms with E-state index in [9.17, 15) is 0 Å². The van der Waals surface area contributed by atoms with Crippen molar-refractivity contribution in [1.82, 2.24) is 10.2 Å². The van der Waals surface area contributed by atoms with Gasteiger partial charge in [0.15, 0.2) is 0 Å². The van der Waals surface area contributed by atoms with Crippen molar-refractivity contribution < 1.29 is 0 Å². The Morgan fingerprint density at radius 3 is 2.58 bits per heavy atom. The van der Waals surface area contributed by atoms with Crippen molar-refractivity contribution in [2.45, 2.75) is 32.2 Å². The second kappa shape index (κ2) is 8.24. The van der Waals surface area contributed by atoms with Crippen LogP contribution >= 0.6 is 0 Å². The van der Waals surface area contributed by atoms with Crippen LogP contribution in [0.25, 0.3) is 11.1 Å². The maximum absolute atomic E-state index is 3.53. The molecule has 0 unspecified atom stereocenters. The van der Waals surface area contributed by atoms with Crippen LogP contribution in [-0.2, 0) is 0 Å². The van der Waals surface area contributed by atoms with Gasteiger partial charge in [-0.15, -0.1) is 0 Å². The Hall–Kier alpha value is -1.84. The van der Waals surface area contributed by atoms with Gasteiger partial charge in [0.25, 0.3) is 0 Å². The summed E-state index contributed by atoms with van der Waals surface area (Å²) in [5.74, 6) is 0. The van der Waals surface area contributed by atoms with Gasteiger partial charge in [-0.2, -0.15) is 0 Å². The molecular formula is C23H31N3. The maximum atomic E-state index is 3.53. The quantitative estimate of drug-likeness (QED) is 0.906. The fraction of sp³-hybridized carbons (Fsp3) is 0.478. The molecule has 2 aromatic carbocycles. The zero-order valence-corrected chi connectivity index (χ0v) is 16.0. The summed E-state index contributed by atoms with van der Waals surface area (Å²) < 4.78 is 0. The average Bonchev–Trinajstić information content (AvgIpc) is 2.98. The van der Waals surface area contributed by atoms with E-state index in [0.29, 0.717) is 0 Å². The Kier molecular flexibility index (Phi) is 5.57. The van der Waals surface area contributed by atoms with E-state index in [1.165, 1.54) is 74.4 Å². The van der Waals surface area contributed by atoms with Crippen molar-refractivity contribution in [3.05, 3.63) is 54.1 Å². The fourth-order valence-electron chi connectivity index (χ4n) is 4.49.